The van der Waals surface area contributed by atoms with E-state index in [2.05, 4.69) is 0 Å². The average molecular weight is 401 g/mol. The molecule has 2 atom stereocenters. The van der Waals surface area contributed by atoms with Crippen molar-refractivity contribution in [3.8, 4) is 17.2 Å². The van der Waals surface area contributed by atoms with Crippen LogP contribution in [0.2, 0.25) is 0 Å². The highest BCUT2D eigenvalue weighted by atomic mass is 16.5. The van der Waals surface area contributed by atoms with Crippen LogP contribution in [-0.2, 0) is 0 Å². The third-order valence-corrected chi connectivity index (χ3v) is 5.48. The van der Waals surface area contributed by atoms with E-state index in [1.165, 1.54) is 20.3 Å². The monoisotopic (exact) mass is 401 g/mol. The molecule has 2 N–H and O–H groups in total. The van der Waals surface area contributed by atoms with Crippen molar-refractivity contribution in [2.75, 3.05) is 34.4 Å². The summed E-state index contributed by atoms with van der Waals surface area (Å²) in [5.74, 6) is 0.435. The van der Waals surface area contributed by atoms with E-state index in [4.69, 9.17) is 13.9 Å². The molecule has 0 bridgehead atoms. The van der Waals surface area contributed by atoms with Gasteiger partial charge >= 0.3 is 0 Å². The number of allylic oxidation sites excluding steroid dienone is 1. The summed E-state index contributed by atoms with van der Waals surface area (Å²) in [4.78, 5) is 15.0. The number of hydrogen-bond donors (Lipinski definition) is 2. The number of aliphatic hydroxyl groups excluding tert-OH is 1. The molecule has 3 rings (SSSR count). The maximum atomic E-state index is 12.9. The van der Waals surface area contributed by atoms with Crippen molar-refractivity contribution in [3.63, 3.8) is 0 Å². The molecule has 2 heterocycles. The Bertz CT molecular complexity index is 916. The molecule has 1 aliphatic rings. The molecule has 1 aromatic carbocycles. The molecule has 1 fully saturated rings. The van der Waals surface area contributed by atoms with Gasteiger partial charge in [0, 0.05) is 23.6 Å². The first-order chi connectivity index (χ1) is 13.9. The quantitative estimate of drug-likeness (QED) is 0.544. The minimum absolute atomic E-state index is 0.0587. The number of phenolic OH excluding ortho intramolecular Hbond substituents is 1. The van der Waals surface area contributed by atoms with E-state index in [0.29, 0.717) is 17.1 Å². The van der Waals surface area contributed by atoms with Gasteiger partial charge in [-0.05, 0) is 50.7 Å². The van der Waals surface area contributed by atoms with Crippen molar-refractivity contribution in [1.29, 1.82) is 0 Å². The van der Waals surface area contributed by atoms with Crippen LogP contribution in [0.15, 0.2) is 28.9 Å². The van der Waals surface area contributed by atoms with Gasteiger partial charge in [-0.25, -0.2) is 0 Å². The Morgan fingerprint density at radius 1 is 1.31 bits per heavy atom. The molecule has 0 saturated carbocycles. The average Bonchev–Trinajstić information content (AvgIpc) is 3.29. The Morgan fingerprint density at radius 2 is 2.03 bits per heavy atom. The van der Waals surface area contributed by atoms with Gasteiger partial charge in [0.05, 0.1) is 27.1 Å². The number of likely N-dealkylation sites (N-methyl/N-ethyl adjacent to an activating group) is 1. The van der Waals surface area contributed by atoms with Crippen LogP contribution in [0.5, 0.6) is 17.2 Å². The minimum Gasteiger partial charge on any atom is -0.507 e. The number of ketones is 1. The number of aromatic hydroxyl groups is 1. The van der Waals surface area contributed by atoms with Crippen LogP contribution in [-0.4, -0.2) is 61.4 Å². The normalized spacial score (nSPS) is 19.8. The molecule has 2 unspecified atom stereocenters. The first kappa shape index (κ1) is 21.0. The van der Waals surface area contributed by atoms with Gasteiger partial charge in [0.15, 0.2) is 5.78 Å². The van der Waals surface area contributed by atoms with Gasteiger partial charge in [-0.2, -0.15) is 0 Å². The van der Waals surface area contributed by atoms with Gasteiger partial charge in [-0.15, -0.1) is 0 Å². The van der Waals surface area contributed by atoms with Crippen LogP contribution >= 0.6 is 0 Å². The number of hydrogen-bond acceptors (Lipinski definition) is 7. The third-order valence-electron chi connectivity index (χ3n) is 5.48. The fourth-order valence-electron chi connectivity index (χ4n) is 3.96. The molecule has 1 saturated heterocycles. The van der Waals surface area contributed by atoms with Crippen molar-refractivity contribution in [3.05, 3.63) is 46.9 Å². The fourth-order valence-corrected chi connectivity index (χ4v) is 3.96. The van der Waals surface area contributed by atoms with Crippen LogP contribution in [0.1, 0.15) is 39.6 Å². The van der Waals surface area contributed by atoms with Crippen molar-refractivity contribution in [2.45, 2.75) is 25.3 Å². The molecule has 0 spiro atoms. The number of aryl methyl sites for hydroxylation is 1. The van der Waals surface area contributed by atoms with Gasteiger partial charge < -0.3 is 29.0 Å². The Balaban J connectivity index is 2.06. The van der Waals surface area contributed by atoms with E-state index in [-0.39, 0.29) is 35.6 Å². The lowest BCUT2D eigenvalue weighted by molar-refractivity contribution is 0.104. The van der Waals surface area contributed by atoms with E-state index in [1.54, 1.807) is 24.5 Å². The van der Waals surface area contributed by atoms with Gasteiger partial charge in [-0.3, -0.25) is 4.79 Å². The number of phenols is 1. The number of carbonyl (C=O) groups excluding carboxylic acids is 1. The standard InChI is InChI=1S/C22H27NO6/c1-13-9-14(29-12-13)5-6-17(25)21-19(28-4)10-18(27-3)20(22(21)26)15-7-8-23(2)16(15)11-24/h5-6,9-10,12,15-16,24,26H,7-8,11H2,1-4H3. The van der Waals surface area contributed by atoms with Gasteiger partial charge in [0.25, 0.3) is 0 Å². The van der Waals surface area contributed by atoms with Crippen LogP contribution < -0.4 is 9.47 Å². The zero-order valence-corrected chi connectivity index (χ0v) is 17.1. The maximum absolute atomic E-state index is 12.9. The second-order valence-corrected chi connectivity index (χ2v) is 7.27. The molecular formula is C22H27NO6. The first-order valence-electron chi connectivity index (χ1n) is 9.47. The molecule has 156 valence electrons. The van der Waals surface area contributed by atoms with Gasteiger partial charge in [0.2, 0.25) is 0 Å². The predicted molar refractivity (Wildman–Crippen MR) is 109 cm³/mol. The number of methoxy groups -OCH3 is 2. The Morgan fingerprint density at radius 3 is 2.62 bits per heavy atom. The minimum atomic E-state index is -0.413. The van der Waals surface area contributed by atoms with Crippen LogP contribution in [0.3, 0.4) is 0 Å². The Hall–Kier alpha value is -2.77. The highest BCUT2D eigenvalue weighted by Crippen LogP contribution is 2.47. The zero-order chi connectivity index (χ0) is 21.1. The molecule has 0 radical (unpaired) electrons. The summed E-state index contributed by atoms with van der Waals surface area (Å²) in [6.45, 7) is 2.60. The molecule has 0 aliphatic carbocycles. The zero-order valence-electron chi connectivity index (χ0n) is 17.1. The molecule has 2 aromatic rings. The summed E-state index contributed by atoms with van der Waals surface area (Å²) < 4.78 is 16.2. The van der Waals surface area contributed by atoms with Gasteiger partial charge in [0.1, 0.15) is 28.6 Å². The number of aliphatic hydroxyl groups is 1. The van der Waals surface area contributed by atoms with E-state index in [9.17, 15) is 15.0 Å². The fraction of sp³-hybridized carbons (Fsp3) is 0.409. The number of benzene rings is 1. The lowest BCUT2D eigenvalue weighted by atomic mass is 9.88. The van der Waals surface area contributed by atoms with Crippen molar-refractivity contribution in [1.82, 2.24) is 4.90 Å². The molecule has 29 heavy (non-hydrogen) atoms. The number of furan rings is 1. The predicted octanol–water partition coefficient (Wildman–Crippen LogP) is 2.99. The van der Waals surface area contributed by atoms with Gasteiger partial charge in [-0.1, -0.05) is 0 Å². The number of rotatable bonds is 7. The molecule has 0 amide bonds. The molecular weight excluding hydrogens is 374 g/mol. The largest absolute Gasteiger partial charge is 0.507 e. The number of likely N-dealkylation sites (tertiary alicyclic amines) is 1. The van der Waals surface area contributed by atoms with Crippen LogP contribution in [0, 0.1) is 6.92 Å². The highest BCUT2D eigenvalue weighted by Gasteiger charge is 2.37. The number of carbonyl (C=O) groups is 1. The van der Waals surface area contributed by atoms with Crippen LogP contribution in [0.25, 0.3) is 6.08 Å². The van der Waals surface area contributed by atoms with Crippen molar-refractivity contribution >= 4 is 11.9 Å². The molecule has 1 aliphatic heterocycles. The second-order valence-electron chi connectivity index (χ2n) is 7.27. The highest BCUT2D eigenvalue weighted by molar-refractivity contribution is 6.11. The number of nitrogens with zero attached hydrogens (tertiary/aromatic N) is 1. The molecule has 7 nitrogen and oxygen atoms in total. The molecule has 1 aromatic heterocycles. The molecule has 7 heteroatoms. The second kappa shape index (κ2) is 8.71. The topological polar surface area (TPSA) is 92.4 Å². The van der Waals surface area contributed by atoms with Crippen molar-refractivity contribution < 1.29 is 28.9 Å². The summed E-state index contributed by atoms with van der Waals surface area (Å²) >= 11 is 0. The Labute approximate surface area is 170 Å². The maximum Gasteiger partial charge on any atom is 0.193 e. The smallest absolute Gasteiger partial charge is 0.193 e. The third kappa shape index (κ3) is 4.02. The summed E-state index contributed by atoms with van der Waals surface area (Å²) in [5.41, 5.74) is 1.53. The SMILES string of the molecule is COc1cc(OC)c(C2CCN(C)C2CO)c(O)c1C(=O)C=Cc1cc(C)co1. The van der Waals surface area contributed by atoms with E-state index < -0.39 is 5.78 Å². The van der Waals surface area contributed by atoms with E-state index in [1.807, 2.05) is 18.9 Å². The number of ether oxygens (including phenoxy) is 2. The lowest BCUT2D eigenvalue weighted by Crippen LogP contribution is -2.32. The summed E-state index contributed by atoms with van der Waals surface area (Å²) in [7, 11) is 4.86. The van der Waals surface area contributed by atoms with Crippen molar-refractivity contribution in [2.24, 2.45) is 0 Å². The lowest BCUT2D eigenvalue weighted by Gasteiger charge is -2.26. The van der Waals surface area contributed by atoms with E-state index in [0.717, 1.165) is 18.5 Å². The Kier molecular flexibility index (Phi) is 6.30. The summed E-state index contributed by atoms with van der Waals surface area (Å²) in [5, 5.41) is 20.9. The summed E-state index contributed by atoms with van der Waals surface area (Å²) in [6.07, 6.45) is 5.22. The summed E-state index contributed by atoms with van der Waals surface area (Å²) in [6, 6.07) is 3.24. The van der Waals surface area contributed by atoms with E-state index >= 15 is 0 Å². The first-order valence-corrected chi connectivity index (χ1v) is 9.47. The van der Waals surface area contributed by atoms with Crippen LogP contribution in [0.4, 0.5) is 0 Å².